The molecule has 0 spiro atoms. The number of nitrogens with two attached hydrogens (primary N) is 1. The molecule has 2 aromatic rings. The van der Waals surface area contributed by atoms with Crippen LogP contribution in [-0.4, -0.2) is 35.1 Å². The van der Waals surface area contributed by atoms with Gasteiger partial charge in [0.1, 0.15) is 17.2 Å². The van der Waals surface area contributed by atoms with Gasteiger partial charge in [-0.1, -0.05) is 18.7 Å². The first-order chi connectivity index (χ1) is 12.4. The quantitative estimate of drug-likeness (QED) is 0.564. The fraction of sp³-hybridized carbons (Fsp3) is 0.167. The Hall–Kier alpha value is -2.45. The Kier molecular flexibility index (Phi) is 8.74. The van der Waals surface area contributed by atoms with Crippen LogP contribution >= 0.6 is 15.9 Å². The Labute approximate surface area is 162 Å². The number of halogens is 1. The topological polar surface area (TPSA) is 87.8 Å². The fourth-order valence-electron chi connectivity index (χ4n) is 1.98. The summed E-state index contributed by atoms with van der Waals surface area (Å²) in [6, 6.07) is 8.53. The van der Waals surface area contributed by atoms with Crippen molar-refractivity contribution in [1.82, 2.24) is 0 Å². The molecule has 0 aliphatic rings. The van der Waals surface area contributed by atoms with E-state index >= 15 is 0 Å². The highest BCUT2D eigenvalue weighted by molar-refractivity contribution is 9.10. The molecule has 0 saturated carbocycles. The first-order valence-corrected chi connectivity index (χ1v) is 9.19. The largest absolute Gasteiger partial charge is 0.496 e. The van der Waals surface area contributed by atoms with Crippen molar-refractivity contribution in [2.45, 2.75) is 0 Å². The van der Waals surface area contributed by atoms with Gasteiger partial charge in [0.2, 0.25) is 10.3 Å². The molecular formula is C18H20BrNO5S. The Bertz CT molecular complexity index is 877. The molecule has 26 heavy (non-hydrogen) atoms. The average Bonchev–Trinajstić information content (AvgIpc) is 2.63. The summed E-state index contributed by atoms with van der Waals surface area (Å²) in [4.78, 5) is 0. The SMILES string of the molecule is C=Cc1c(OC)cc(OC)cc1OC.Nc1cc(C=S(=O)=O)ccc1Br. The van der Waals surface area contributed by atoms with E-state index in [1.165, 1.54) is 0 Å². The highest BCUT2D eigenvalue weighted by Crippen LogP contribution is 2.34. The molecule has 0 aromatic heterocycles. The molecule has 2 rings (SSSR count). The van der Waals surface area contributed by atoms with Gasteiger partial charge in [0.15, 0.2) is 0 Å². The summed E-state index contributed by atoms with van der Waals surface area (Å²) in [6.07, 6.45) is 1.69. The lowest BCUT2D eigenvalue weighted by Crippen LogP contribution is -1.94. The monoisotopic (exact) mass is 441 g/mol. The van der Waals surface area contributed by atoms with Crippen LogP contribution in [0.3, 0.4) is 0 Å². The lowest BCUT2D eigenvalue weighted by molar-refractivity contribution is 0.374. The summed E-state index contributed by atoms with van der Waals surface area (Å²) in [7, 11) is 2.62. The molecule has 0 amide bonds. The van der Waals surface area contributed by atoms with Crippen molar-refractivity contribution in [2.75, 3.05) is 27.1 Å². The van der Waals surface area contributed by atoms with E-state index in [9.17, 15) is 8.42 Å². The van der Waals surface area contributed by atoms with E-state index in [2.05, 4.69) is 22.5 Å². The van der Waals surface area contributed by atoms with Crippen molar-refractivity contribution >= 4 is 43.4 Å². The molecule has 0 bridgehead atoms. The van der Waals surface area contributed by atoms with Crippen molar-refractivity contribution < 1.29 is 22.6 Å². The van der Waals surface area contributed by atoms with Crippen molar-refractivity contribution in [3.63, 3.8) is 0 Å². The molecule has 140 valence electrons. The number of rotatable bonds is 5. The van der Waals surface area contributed by atoms with Gasteiger partial charge >= 0.3 is 0 Å². The standard InChI is InChI=1S/C11H14O3.C7H6BrNO2S/c1-5-9-10(13-3)6-8(12-2)7-11(9)14-4;8-6-2-1-5(3-7(6)9)4-12(10)11/h5-7H,1H2,2-4H3;1-4H,9H2. The molecule has 0 heterocycles. The van der Waals surface area contributed by atoms with E-state index in [0.29, 0.717) is 28.5 Å². The number of nitrogen functional groups attached to an aromatic ring is 1. The highest BCUT2D eigenvalue weighted by atomic mass is 79.9. The number of ether oxygens (including phenoxy) is 3. The van der Waals surface area contributed by atoms with E-state index in [1.807, 2.05) is 0 Å². The number of anilines is 1. The van der Waals surface area contributed by atoms with Gasteiger partial charge in [-0.05, 0) is 33.6 Å². The molecule has 0 saturated heterocycles. The van der Waals surface area contributed by atoms with Gasteiger partial charge in [0.25, 0.3) is 0 Å². The molecule has 0 atom stereocenters. The molecule has 8 heteroatoms. The van der Waals surface area contributed by atoms with Crippen LogP contribution in [0.4, 0.5) is 5.69 Å². The lowest BCUT2D eigenvalue weighted by atomic mass is 10.1. The van der Waals surface area contributed by atoms with E-state index in [4.69, 9.17) is 19.9 Å². The van der Waals surface area contributed by atoms with Crippen LogP contribution in [0.25, 0.3) is 6.08 Å². The second-order valence-corrected chi connectivity index (χ2v) is 6.42. The molecule has 2 N–H and O–H groups in total. The molecular weight excluding hydrogens is 422 g/mol. The van der Waals surface area contributed by atoms with Gasteiger partial charge in [0, 0.05) is 22.3 Å². The van der Waals surface area contributed by atoms with Crippen molar-refractivity contribution in [1.29, 1.82) is 0 Å². The van der Waals surface area contributed by atoms with Crippen molar-refractivity contribution in [3.8, 4) is 17.2 Å². The van der Waals surface area contributed by atoms with E-state index in [0.717, 1.165) is 15.4 Å². The fourth-order valence-corrected chi connectivity index (χ4v) is 2.60. The van der Waals surface area contributed by atoms with Gasteiger partial charge in [-0.15, -0.1) is 0 Å². The van der Waals surface area contributed by atoms with Crippen LogP contribution in [0.1, 0.15) is 11.1 Å². The molecule has 0 aliphatic carbocycles. The number of methoxy groups -OCH3 is 3. The van der Waals surface area contributed by atoms with E-state index < -0.39 is 10.3 Å². The molecule has 6 nitrogen and oxygen atoms in total. The highest BCUT2D eigenvalue weighted by Gasteiger charge is 2.09. The number of hydrogen-bond donors (Lipinski definition) is 1. The normalized spacial score (nSPS) is 9.38. The van der Waals surface area contributed by atoms with Crippen LogP contribution in [0.2, 0.25) is 0 Å². The minimum atomic E-state index is -2.18. The predicted molar refractivity (Wildman–Crippen MR) is 109 cm³/mol. The second kappa shape index (κ2) is 10.5. The maximum absolute atomic E-state index is 10.3. The Balaban J connectivity index is 0.000000263. The number of benzene rings is 2. The van der Waals surface area contributed by atoms with Gasteiger partial charge < -0.3 is 19.9 Å². The smallest absolute Gasteiger partial charge is 0.214 e. The van der Waals surface area contributed by atoms with Gasteiger partial charge in [0.05, 0.1) is 32.3 Å². The Morgan fingerprint density at radius 3 is 2.00 bits per heavy atom. The summed E-state index contributed by atoms with van der Waals surface area (Å²) in [5, 5.41) is 1.10. The Morgan fingerprint density at radius 2 is 1.62 bits per heavy atom. The lowest BCUT2D eigenvalue weighted by Gasteiger charge is -2.11. The summed E-state index contributed by atoms with van der Waals surface area (Å²) in [6.45, 7) is 3.70. The van der Waals surface area contributed by atoms with Crippen LogP contribution in [0.5, 0.6) is 17.2 Å². The van der Waals surface area contributed by atoms with Crippen LogP contribution in [0, 0.1) is 0 Å². The van der Waals surface area contributed by atoms with E-state index in [1.54, 1.807) is 57.7 Å². The van der Waals surface area contributed by atoms with Crippen molar-refractivity contribution in [3.05, 3.63) is 52.5 Å². The molecule has 0 fully saturated rings. The molecule has 0 radical (unpaired) electrons. The number of hydrogen-bond acceptors (Lipinski definition) is 6. The summed E-state index contributed by atoms with van der Waals surface area (Å²) in [5.74, 6) is 2.08. The van der Waals surface area contributed by atoms with Gasteiger partial charge in [-0.25, -0.2) is 0 Å². The predicted octanol–water partition coefficient (Wildman–Crippen LogP) is 3.42. The molecule has 2 aromatic carbocycles. The first kappa shape index (κ1) is 21.6. The van der Waals surface area contributed by atoms with E-state index in [-0.39, 0.29) is 0 Å². The zero-order chi connectivity index (χ0) is 19.7. The average molecular weight is 442 g/mol. The maximum Gasteiger partial charge on any atom is 0.214 e. The molecule has 0 aliphatic heterocycles. The Morgan fingerprint density at radius 1 is 1.04 bits per heavy atom. The first-order valence-electron chi connectivity index (χ1n) is 7.26. The summed E-state index contributed by atoms with van der Waals surface area (Å²) in [5.41, 5.74) is 7.45. The van der Waals surface area contributed by atoms with Gasteiger partial charge in [-0.3, -0.25) is 0 Å². The zero-order valence-electron chi connectivity index (χ0n) is 14.7. The maximum atomic E-state index is 10.3. The summed E-state index contributed by atoms with van der Waals surface area (Å²) < 4.78 is 36.8. The van der Waals surface area contributed by atoms with Crippen molar-refractivity contribution in [2.24, 2.45) is 0 Å². The zero-order valence-corrected chi connectivity index (χ0v) is 17.1. The molecule has 0 unspecified atom stereocenters. The van der Waals surface area contributed by atoms with Crippen LogP contribution in [0.15, 0.2) is 41.4 Å². The minimum Gasteiger partial charge on any atom is -0.496 e. The van der Waals surface area contributed by atoms with Crippen LogP contribution < -0.4 is 19.9 Å². The second-order valence-electron chi connectivity index (χ2n) is 4.81. The minimum absolute atomic E-state index is 0.522. The third-order valence-electron chi connectivity index (χ3n) is 3.21. The third kappa shape index (κ3) is 6.12. The summed E-state index contributed by atoms with van der Waals surface area (Å²) >= 11 is 3.20. The van der Waals surface area contributed by atoms with Crippen LogP contribution in [-0.2, 0) is 10.3 Å². The van der Waals surface area contributed by atoms with Gasteiger partial charge in [-0.2, -0.15) is 8.42 Å². The third-order valence-corrected chi connectivity index (χ3v) is 4.40.